The highest BCUT2D eigenvalue weighted by molar-refractivity contribution is 6.26. The first-order valence-corrected chi connectivity index (χ1v) is 12.4. The smallest absolute Gasteiger partial charge is 0.0969 e. The molecule has 0 spiro atoms. The Balaban J connectivity index is 1.55. The van der Waals surface area contributed by atoms with E-state index < -0.39 is 0 Å². The molecule has 0 fully saturated rings. The van der Waals surface area contributed by atoms with E-state index in [-0.39, 0.29) is 0 Å². The first-order chi connectivity index (χ1) is 17.8. The second kappa shape index (κ2) is 7.16. The molecule has 0 radical (unpaired) electrons. The molecule has 0 amide bonds. The van der Waals surface area contributed by atoms with Crippen molar-refractivity contribution in [1.29, 1.82) is 0 Å². The van der Waals surface area contributed by atoms with Gasteiger partial charge in [-0.05, 0) is 56.8 Å². The molecule has 168 valence electrons. The normalized spacial score (nSPS) is 12.0. The number of rotatable bonds is 2. The number of hydrogen-bond donors (Lipinski definition) is 0. The van der Waals surface area contributed by atoms with Gasteiger partial charge in [0.25, 0.3) is 0 Å². The standard InChI is InChI=1S/C34H22N2/c1-21-33(29-19-26-14-7-12-23-17-18-24-13-8-16-28(29)32(24)31(23)26)35-36-30(22-9-3-2-4-10-22)20-25-11-5-6-15-27(25)34(21)36/h2-20H,1H3. The number of benzene rings is 6. The molecular formula is C34H22N2. The molecule has 0 aliphatic rings. The van der Waals surface area contributed by atoms with Crippen molar-refractivity contribution in [3.05, 3.63) is 121 Å². The van der Waals surface area contributed by atoms with Gasteiger partial charge in [0.05, 0.1) is 16.9 Å². The Labute approximate surface area is 208 Å². The average Bonchev–Trinajstić information content (AvgIpc) is 3.28. The highest BCUT2D eigenvalue weighted by Crippen LogP contribution is 2.42. The molecule has 2 heterocycles. The first-order valence-electron chi connectivity index (χ1n) is 12.4. The van der Waals surface area contributed by atoms with Gasteiger partial charge in [0.15, 0.2) is 0 Å². The fourth-order valence-electron chi connectivity index (χ4n) is 6.06. The third-order valence-electron chi connectivity index (χ3n) is 7.69. The number of nitrogens with zero attached hydrogens (tertiary/aromatic N) is 2. The van der Waals surface area contributed by atoms with Crippen LogP contribution < -0.4 is 0 Å². The lowest BCUT2D eigenvalue weighted by Gasteiger charge is -2.14. The molecule has 8 aromatic rings. The Bertz CT molecular complexity index is 2100. The summed E-state index contributed by atoms with van der Waals surface area (Å²) in [7, 11) is 0. The molecule has 0 bridgehead atoms. The summed E-state index contributed by atoms with van der Waals surface area (Å²) in [6, 6.07) is 41.5. The van der Waals surface area contributed by atoms with Gasteiger partial charge in [0.2, 0.25) is 0 Å². The van der Waals surface area contributed by atoms with Crippen LogP contribution in [0.5, 0.6) is 0 Å². The van der Waals surface area contributed by atoms with Gasteiger partial charge in [-0.3, -0.25) is 0 Å². The van der Waals surface area contributed by atoms with Crippen LogP contribution >= 0.6 is 0 Å². The summed E-state index contributed by atoms with van der Waals surface area (Å²) in [4.78, 5) is 0. The zero-order valence-electron chi connectivity index (χ0n) is 19.9. The topological polar surface area (TPSA) is 17.3 Å². The molecule has 2 aromatic heterocycles. The van der Waals surface area contributed by atoms with E-state index in [2.05, 4.69) is 127 Å². The van der Waals surface area contributed by atoms with Gasteiger partial charge in [-0.1, -0.05) is 103 Å². The SMILES string of the molecule is Cc1c(-c2cc3cccc4ccc5cccc2c5c43)nn2c(-c3ccccc3)cc3ccccc3c12. The number of hydrogen-bond acceptors (Lipinski definition) is 1. The predicted molar refractivity (Wildman–Crippen MR) is 152 cm³/mol. The van der Waals surface area contributed by atoms with Crippen LogP contribution in [0.15, 0.2) is 115 Å². The van der Waals surface area contributed by atoms with Crippen molar-refractivity contribution >= 4 is 48.6 Å². The average molecular weight is 459 g/mol. The van der Waals surface area contributed by atoms with Gasteiger partial charge in [0.1, 0.15) is 0 Å². The maximum absolute atomic E-state index is 5.33. The number of aromatic nitrogens is 2. The number of pyridine rings is 1. The zero-order valence-corrected chi connectivity index (χ0v) is 19.9. The summed E-state index contributed by atoms with van der Waals surface area (Å²) in [6.45, 7) is 2.22. The van der Waals surface area contributed by atoms with E-state index in [1.165, 1.54) is 59.7 Å². The molecule has 0 aliphatic carbocycles. The van der Waals surface area contributed by atoms with Gasteiger partial charge >= 0.3 is 0 Å². The molecule has 6 aromatic carbocycles. The minimum Gasteiger partial charge on any atom is -0.232 e. The van der Waals surface area contributed by atoms with Gasteiger partial charge < -0.3 is 0 Å². The van der Waals surface area contributed by atoms with Crippen LogP contribution in [0.2, 0.25) is 0 Å². The minimum absolute atomic E-state index is 1.04. The second-order valence-corrected chi connectivity index (χ2v) is 9.69. The monoisotopic (exact) mass is 458 g/mol. The van der Waals surface area contributed by atoms with Crippen molar-refractivity contribution in [2.24, 2.45) is 0 Å². The molecule has 0 atom stereocenters. The van der Waals surface area contributed by atoms with Gasteiger partial charge in [-0.15, -0.1) is 0 Å². The van der Waals surface area contributed by atoms with Crippen LogP contribution in [0.3, 0.4) is 0 Å². The quantitative estimate of drug-likeness (QED) is 0.236. The van der Waals surface area contributed by atoms with Crippen LogP contribution in [-0.2, 0) is 0 Å². The molecule has 2 nitrogen and oxygen atoms in total. The van der Waals surface area contributed by atoms with E-state index in [1.807, 2.05) is 0 Å². The Kier molecular flexibility index (Phi) is 3.90. The third-order valence-corrected chi connectivity index (χ3v) is 7.69. The fourth-order valence-corrected chi connectivity index (χ4v) is 6.06. The van der Waals surface area contributed by atoms with Crippen LogP contribution in [0.4, 0.5) is 0 Å². The zero-order chi connectivity index (χ0) is 23.8. The fraction of sp³-hybridized carbons (Fsp3) is 0.0294. The summed E-state index contributed by atoms with van der Waals surface area (Å²) in [6.07, 6.45) is 0. The summed E-state index contributed by atoms with van der Waals surface area (Å²) < 4.78 is 2.16. The van der Waals surface area contributed by atoms with Crippen molar-refractivity contribution in [1.82, 2.24) is 9.61 Å². The Morgan fingerprint density at radius 3 is 2.08 bits per heavy atom. The van der Waals surface area contributed by atoms with E-state index >= 15 is 0 Å². The van der Waals surface area contributed by atoms with E-state index in [4.69, 9.17) is 5.10 Å². The van der Waals surface area contributed by atoms with E-state index in [0.29, 0.717) is 0 Å². The molecule has 0 N–H and O–H groups in total. The van der Waals surface area contributed by atoms with Crippen molar-refractivity contribution < 1.29 is 0 Å². The summed E-state index contributed by atoms with van der Waals surface area (Å²) in [5.41, 5.74) is 6.89. The van der Waals surface area contributed by atoms with E-state index in [1.54, 1.807) is 0 Å². The molecule has 8 rings (SSSR count). The van der Waals surface area contributed by atoms with Crippen LogP contribution in [0.1, 0.15) is 5.56 Å². The van der Waals surface area contributed by atoms with Crippen molar-refractivity contribution in [2.45, 2.75) is 6.92 Å². The Morgan fingerprint density at radius 2 is 1.22 bits per heavy atom. The minimum atomic E-state index is 1.04. The number of aryl methyl sites for hydroxylation is 1. The lowest BCUT2D eigenvalue weighted by Crippen LogP contribution is -1.95. The highest BCUT2D eigenvalue weighted by atomic mass is 15.2. The second-order valence-electron chi connectivity index (χ2n) is 9.69. The van der Waals surface area contributed by atoms with Gasteiger partial charge in [-0.25, -0.2) is 4.52 Å². The van der Waals surface area contributed by atoms with Gasteiger partial charge in [-0.2, -0.15) is 5.10 Å². The Morgan fingerprint density at radius 1 is 0.556 bits per heavy atom. The van der Waals surface area contributed by atoms with Crippen molar-refractivity contribution in [3.63, 3.8) is 0 Å². The van der Waals surface area contributed by atoms with Crippen molar-refractivity contribution in [2.75, 3.05) is 0 Å². The summed E-state index contributed by atoms with van der Waals surface area (Å²) in [5.74, 6) is 0. The predicted octanol–water partition coefficient (Wildman–Crippen LogP) is 9.03. The lowest BCUT2D eigenvalue weighted by molar-refractivity contribution is 0.980. The maximum atomic E-state index is 5.33. The van der Waals surface area contributed by atoms with E-state index in [9.17, 15) is 0 Å². The molecule has 36 heavy (non-hydrogen) atoms. The first kappa shape index (κ1) is 19.6. The lowest BCUT2D eigenvalue weighted by atomic mass is 9.89. The highest BCUT2D eigenvalue weighted by Gasteiger charge is 2.20. The molecule has 0 aliphatic heterocycles. The third kappa shape index (κ3) is 2.59. The van der Waals surface area contributed by atoms with Crippen molar-refractivity contribution in [3.8, 4) is 22.5 Å². The maximum Gasteiger partial charge on any atom is 0.0969 e. The van der Waals surface area contributed by atoms with Crippen LogP contribution in [-0.4, -0.2) is 9.61 Å². The Hall–Kier alpha value is -4.69. The molecule has 2 heteroatoms. The molecular weight excluding hydrogens is 436 g/mol. The van der Waals surface area contributed by atoms with E-state index in [0.717, 1.165) is 17.0 Å². The largest absolute Gasteiger partial charge is 0.232 e. The summed E-state index contributed by atoms with van der Waals surface area (Å²) in [5, 5.41) is 15.5. The number of fused-ring (bicyclic) bond motifs is 3. The molecule has 0 saturated carbocycles. The van der Waals surface area contributed by atoms with Gasteiger partial charge in [0, 0.05) is 22.1 Å². The molecule has 0 unspecified atom stereocenters. The van der Waals surface area contributed by atoms with Crippen LogP contribution in [0, 0.1) is 6.92 Å². The molecule has 0 saturated heterocycles. The van der Waals surface area contributed by atoms with Crippen LogP contribution in [0.25, 0.3) is 71.1 Å². The summed E-state index contributed by atoms with van der Waals surface area (Å²) >= 11 is 0.